The fourth-order valence-corrected chi connectivity index (χ4v) is 3.13. The smallest absolute Gasteiger partial charge is 0.252 e. The molecule has 0 aliphatic carbocycles. The van der Waals surface area contributed by atoms with Gasteiger partial charge in [-0.2, -0.15) is 0 Å². The van der Waals surface area contributed by atoms with Gasteiger partial charge in [-0.15, -0.1) is 0 Å². The van der Waals surface area contributed by atoms with E-state index in [1.54, 1.807) is 12.1 Å². The molecule has 0 aromatic heterocycles. The summed E-state index contributed by atoms with van der Waals surface area (Å²) in [6.07, 6.45) is 3.66. The summed E-state index contributed by atoms with van der Waals surface area (Å²) in [4.78, 5) is 14.5. The Labute approximate surface area is 132 Å². The maximum Gasteiger partial charge on any atom is 0.252 e. The summed E-state index contributed by atoms with van der Waals surface area (Å²) in [5, 5.41) is 3.62. The lowest BCUT2D eigenvalue weighted by Gasteiger charge is -2.32. The van der Waals surface area contributed by atoms with Gasteiger partial charge in [0, 0.05) is 21.2 Å². The molecule has 1 aliphatic heterocycles. The normalized spacial score (nSPS) is 20.3. The van der Waals surface area contributed by atoms with Crippen LogP contribution in [0.5, 0.6) is 0 Å². The third-order valence-electron chi connectivity index (χ3n) is 3.59. The first kappa shape index (κ1) is 15.1. The minimum atomic E-state index is -0.0362. The molecule has 1 atom stereocenters. The third kappa shape index (κ3) is 4.07. The van der Waals surface area contributed by atoms with Gasteiger partial charge in [0.15, 0.2) is 0 Å². The monoisotopic (exact) mass is 392 g/mol. The molecule has 1 saturated heterocycles. The number of hydrogen-bond donors (Lipinski definition) is 1. The minimum absolute atomic E-state index is 0.0362. The Hall–Kier alpha value is -0.330. The van der Waals surface area contributed by atoms with E-state index < -0.39 is 0 Å². The molecule has 1 aliphatic rings. The quantitative estimate of drug-likeness (QED) is 0.802. The second-order valence-electron chi connectivity index (χ2n) is 4.96. The number of nitrogens with one attached hydrogen (secondary N) is 1. The largest absolute Gasteiger partial charge is 0.350 e. The van der Waals surface area contributed by atoms with Crippen molar-refractivity contribution >= 4 is 40.1 Å². The lowest BCUT2D eigenvalue weighted by Crippen LogP contribution is -2.44. The summed E-state index contributed by atoms with van der Waals surface area (Å²) in [5.74, 6) is -0.0362. The van der Waals surface area contributed by atoms with Crippen LogP contribution in [0.25, 0.3) is 0 Å². The van der Waals surface area contributed by atoms with Crippen LogP contribution in [0, 0.1) is 3.57 Å². The molecule has 5 heteroatoms. The van der Waals surface area contributed by atoms with Gasteiger partial charge in [-0.1, -0.05) is 18.0 Å². The van der Waals surface area contributed by atoms with Crippen LogP contribution in [0.3, 0.4) is 0 Å². The lowest BCUT2D eigenvalue weighted by molar-refractivity contribution is 0.0927. The maximum absolute atomic E-state index is 12.2. The molecule has 0 bridgehead atoms. The molecule has 1 amide bonds. The second-order valence-corrected chi connectivity index (χ2v) is 6.56. The predicted octanol–water partition coefficient (Wildman–Crippen LogP) is 3.16. The molecule has 19 heavy (non-hydrogen) atoms. The Kier molecular flexibility index (Phi) is 5.47. The van der Waals surface area contributed by atoms with Crippen molar-refractivity contribution in [2.45, 2.75) is 25.3 Å². The van der Waals surface area contributed by atoms with Crippen LogP contribution in [-0.4, -0.2) is 37.0 Å². The molecule has 3 nitrogen and oxygen atoms in total. The van der Waals surface area contributed by atoms with Crippen molar-refractivity contribution in [3.8, 4) is 0 Å². The Morgan fingerprint density at radius 2 is 2.32 bits per heavy atom. The van der Waals surface area contributed by atoms with Crippen molar-refractivity contribution < 1.29 is 4.79 Å². The van der Waals surface area contributed by atoms with Crippen LogP contribution in [0.1, 0.15) is 29.6 Å². The minimum Gasteiger partial charge on any atom is -0.350 e. The van der Waals surface area contributed by atoms with Gasteiger partial charge >= 0.3 is 0 Å². The Morgan fingerprint density at radius 1 is 1.53 bits per heavy atom. The molecule has 2 rings (SSSR count). The van der Waals surface area contributed by atoms with Crippen LogP contribution >= 0.6 is 34.2 Å². The first-order chi connectivity index (χ1) is 9.08. The average Bonchev–Trinajstić information content (AvgIpc) is 2.40. The number of halogens is 2. The zero-order chi connectivity index (χ0) is 13.8. The number of carbonyl (C=O) groups excluding carboxylic acids is 1. The summed E-state index contributed by atoms with van der Waals surface area (Å²) < 4.78 is 0.927. The number of nitrogens with zero attached hydrogens (tertiary/aromatic N) is 1. The Bertz CT molecular complexity index is 467. The molecule has 1 aromatic rings. The van der Waals surface area contributed by atoms with Gasteiger partial charge in [0.25, 0.3) is 5.91 Å². The van der Waals surface area contributed by atoms with Crippen molar-refractivity contribution in [1.29, 1.82) is 0 Å². The first-order valence-electron chi connectivity index (χ1n) is 6.51. The molecule has 0 radical (unpaired) electrons. The Balaban J connectivity index is 1.95. The van der Waals surface area contributed by atoms with Crippen molar-refractivity contribution in [1.82, 2.24) is 10.2 Å². The van der Waals surface area contributed by atoms with E-state index in [2.05, 4.69) is 39.9 Å². The van der Waals surface area contributed by atoms with E-state index in [-0.39, 0.29) is 5.91 Å². The number of likely N-dealkylation sites (N-methyl/N-ethyl adjacent to an activating group) is 1. The van der Waals surface area contributed by atoms with Gasteiger partial charge in [0.1, 0.15) is 0 Å². The zero-order valence-corrected chi connectivity index (χ0v) is 13.9. The molecule has 1 unspecified atom stereocenters. The van der Waals surface area contributed by atoms with Crippen LogP contribution < -0.4 is 5.32 Å². The molecule has 1 aromatic carbocycles. The highest BCUT2D eigenvalue weighted by atomic mass is 127. The maximum atomic E-state index is 12.2. The van der Waals surface area contributed by atoms with E-state index in [1.807, 2.05) is 6.07 Å². The summed E-state index contributed by atoms with van der Waals surface area (Å²) in [7, 11) is 2.12. The van der Waals surface area contributed by atoms with Crippen LogP contribution in [-0.2, 0) is 0 Å². The van der Waals surface area contributed by atoms with Gasteiger partial charge < -0.3 is 10.2 Å². The summed E-state index contributed by atoms with van der Waals surface area (Å²) in [5.41, 5.74) is 0.659. The van der Waals surface area contributed by atoms with Gasteiger partial charge in [0.2, 0.25) is 0 Å². The highest BCUT2D eigenvalue weighted by Gasteiger charge is 2.20. The first-order valence-corrected chi connectivity index (χ1v) is 7.97. The molecule has 104 valence electrons. The number of rotatable bonds is 3. The van der Waals surface area contributed by atoms with Crippen molar-refractivity contribution in [2.75, 3.05) is 20.1 Å². The third-order valence-corrected chi connectivity index (χ3v) is 4.77. The molecule has 0 saturated carbocycles. The van der Waals surface area contributed by atoms with E-state index in [9.17, 15) is 4.79 Å². The fourth-order valence-electron chi connectivity index (χ4n) is 2.38. The van der Waals surface area contributed by atoms with Crippen molar-refractivity contribution in [3.05, 3.63) is 32.4 Å². The molecule has 1 N–H and O–H groups in total. The van der Waals surface area contributed by atoms with Gasteiger partial charge in [-0.3, -0.25) is 4.79 Å². The summed E-state index contributed by atoms with van der Waals surface area (Å²) >= 11 is 8.10. The number of carbonyl (C=O) groups is 1. The van der Waals surface area contributed by atoms with Crippen LogP contribution in [0.2, 0.25) is 5.02 Å². The molecule has 1 heterocycles. The SMILES string of the molecule is CN1CCCCC1CNC(=O)c1cc(Cl)ccc1I. The van der Waals surface area contributed by atoms with E-state index >= 15 is 0 Å². The number of piperidine rings is 1. The molecule has 0 spiro atoms. The van der Waals surface area contributed by atoms with E-state index in [1.165, 1.54) is 12.8 Å². The van der Waals surface area contributed by atoms with Gasteiger partial charge in [0.05, 0.1) is 5.56 Å². The van der Waals surface area contributed by atoms with Gasteiger partial charge in [-0.05, 0) is 67.2 Å². The predicted molar refractivity (Wildman–Crippen MR) is 86.8 cm³/mol. The fraction of sp³-hybridized carbons (Fsp3) is 0.500. The van der Waals surface area contributed by atoms with Crippen molar-refractivity contribution in [2.24, 2.45) is 0 Å². The van der Waals surface area contributed by atoms with Crippen LogP contribution in [0.4, 0.5) is 0 Å². The van der Waals surface area contributed by atoms with E-state index in [4.69, 9.17) is 11.6 Å². The van der Waals surface area contributed by atoms with E-state index in [0.717, 1.165) is 16.5 Å². The number of hydrogen-bond acceptors (Lipinski definition) is 2. The lowest BCUT2D eigenvalue weighted by atomic mass is 10.0. The molecular formula is C14H18ClIN2O. The summed E-state index contributed by atoms with van der Waals surface area (Å²) in [6.45, 7) is 1.83. The molecule has 1 fully saturated rings. The van der Waals surface area contributed by atoms with Gasteiger partial charge in [-0.25, -0.2) is 0 Å². The van der Waals surface area contributed by atoms with E-state index in [0.29, 0.717) is 23.2 Å². The zero-order valence-electron chi connectivity index (χ0n) is 11.0. The van der Waals surface area contributed by atoms with Crippen molar-refractivity contribution in [3.63, 3.8) is 0 Å². The average molecular weight is 393 g/mol. The molecular weight excluding hydrogens is 375 g/mol. The highest BCUT2D eigenvalue weighted by molar-refractivity contribution is 14.1. The number of likely N-dealkylation sites (tertiary alicyclic amines) is 1. The Morgan fingerprint density at radius 3 is 3.05 bits per heavy atom. The summed E-state index contributed by atoms with van der Waals surface area (Å²) in [6, 6.07) is 5.84. The topological polar surface area (TPSA) is 32.3 Å². The van der Waals surface area contributed by atoms with Crippen LogP contribution in [0.15, 0.2) is 18.2 Å². The number of benzene rings is 1. The number of amides is 1. The second kappa shape index (κ2) is 6.90. The standard InChI is InChI=1S/C14H18ClIN2O/c1-18-7-3-2-4-11(18)9-17-14(19)12-8-10(15)5-6-13(12)16/h5-6,8,11H,2-4,7,9H2,1H3,(H,17,19). The highest BCUT2D eigenvalue weighted by Crippen LogP contribution is 2.18.